The van der Waals surface area contributed by atoms with Crippen molar-refractivity contribution >= 4 is 23.6 Å². The molecule has 0 aliphatic carbocycles. The summed E-state index contributed by atoms with van der Waals surface area (Å²) in [7, 11) is 0. The maximum atomic E-state index is 12.0. The van der Waals surface area contributed by atoms with Gasteiger partial charge in [0, 0.05) is 12.6 Å². The fourth-order valence-corrected chi connectivity index (χ4v) is 3.02. The fourth-order valence-electron chi connectivity index (χ4n) is 3.02. The molecule has 3 heterocycles. The molecule has 2 fully saturated rings. The second-order valence-electron chi connectivity index (χ2n) is 5.32. The molecular formula is C14H15N3O5. The molecule has 2 saturated heterocycles. The number of nitrogens with two attached hydrogens (primary N) is 1. The average Bonchev–Trinajstić information content (AvgIpc) is 3.10. The predicted octanol–water partition coefficient (Wildman–Crippen LogP) is 0.688. The molecule has 22 heavy (non-hydrogen) atoms. The Balaban J connectivity index is 1.68. The van der Waals surface area contributed by atoms with Gasteiger partial charge in [-0.1, -0.05) is 0 Å². The highest BCUT2D eigenvalue weighted by molar-refractivity contribution is 5.95. The highest BCUT2D eigenvalue weighted by Crippen LogP contribution is 2.41. The Labute approximate surface area is 126 Å². The van der Waals surface area contributed by atoms with Crippen LogP contribution in [0.4, 0.5) is 21.0 Å². The minimum Gasteiger partial charge on any atom is -0.489 e. The molecule has 2 unspecified atom stereocenters. The number of ether oxygens (including phenoxy) is 3. The molecule has 116 valence electrons. The molecular weight excluding hydrogens is 290 g/mol. The number of nitrogens with zero attached hydrogens (tertiary/aromatic N) is 2. The van der Waals surface area contributed by atoms with Crippen molar-refractivity contribution in [1.82, 2.24) is 0 Å². The van der Waals surface area contributed by atoms with Gasteiger partial charge in [0.15, 0.2) is 0 Å². The Morgan fingerprint density at radius 3 is 2.82 bits per heavy atom. The van der Waals surface area contributed by atoms with Gasteiger partial charge in [0.05, 0.1) is 17.9 Å². The van der Waals surface area contributed by atoms with E-state index in [9.17, 15) is 9.59 Å². The summed E-state index contributed by atoms with van der Waals surface area (Å²) in [5, 5.41) is 0. The molecule has 8 heteroatoms. The normalized spacial score (nSPS) is 26.2. The van der Waals surface area contributed by atoms with Crippen LogP contribution in [0, 0.1) is 0 Å². The van der Waals surface area contributed by atoms with Crippen LogP contribution in [0.3, 0.4) is 0 Å². The first-order valence-corrected chi connectivity index (χ1v) is 7.10. The van der Waals surface area contributed by atoms with Gasteiger partial charge < -0.3 is 19.9 Å². The quantitative estimate of drug-likeness (QED) is 0.864. The van der Waals surface area contributed by atoms with Crippen molar-refractivity contribution in [2.75, 3.05) is 36.1 Å². The second-order valence-corrected chi connectivity index (χ2v) is 5.32. The van der Waals surface area contributed by atoms with Gasteiger partial charge in [-0.3, -0.25) is 9.80 Å². The van der Waals surface area contributed by atoms with Crippen molar-refractivity contribution in [1.29, 1.82) is 0 Å². The van der Waals surface area contributed by atoms with Crippen molar-refractivity contribution in [2.45, 2.75) is 12.1 Å². The van der Waals surface area contributed by atoms with Gasteiger partial charge in [0.25, 0.3) is 0 Å². The van der Waals surface area contributed by atoms with Crippen LogP contribution in [0.15, 0.2) is 18.2 Å². The number of rotatable bonds is 2. The molecule has 1 aromatic rings. The molecule has 0 radical (unpaired) electrons. The van der Waals surface area contributed by atoms with Crippen LogP contribution in [0.5, 0.6) is 5.75 Å². The first-order chi connectivity index (χ1) is 10.7. The molecule has 0 bridgehead atoms. The summed E-state index contributed by atoms with van der Waals surface area (Å²) in [4.78, 5) is 26.8. The minimum absolute atomic E-state index is 0.215. The zero-order valence-electron chi connectivity index (χ0n) is 11.7. The summed E-state index contributed by atoms with van der Waals surface area (Å²) in [6.45, 7) is 1.44. The first-order valence-electron chi connectivity index (χ1n) is 7.10. The molecule has 4 rings (SSSR count). The van der Waals surface area contributed by atoms with Crippen LogP contribution in [-0.2, 0) is 9.47 Å². The number of carbonyl (C=O) groups is 2. The molecule has 0 aromatic heterocycles. The van der Waals surface area contributed by atoms with Crippen molar-refractivity contribution < 1.29 is 23.8 Å². The predicted molar refractivity (Wildman–Crippen MR) is 76.2 cm³/mol. The maximum absolute atomic E-state index is 12.0. The van der Waals surface area contributed by atoms with Crippen LogP contribution in [0.1, 0.15) is 0 Å². The van der Waals surface area contributed by atoms with Crippen LogP contribution in [-0.4, -0.2) is 50.6 Å². The largest absolute Gasteiger partial charge is 0.489 e. The molecule has 2 amide bonds. The van der Waals surface area contributed by atoms with Crippen molar-refractivity contribution in [3.63, 3.8) is 0 Å². The molecule has 2 atom stereocenters. The molecule has 1 aromatic carbocycles. The zero-order valence-corrected chi connectivity index (χ0v) is 11.7. The number of amides is 2. The number of cyclic esters (lactones) is 2. The summed E-state index contributed by atoms with van der Waals surface area (Å²) in [5.74, 6) is 0.545. The van der Waals surface area contributed by atoms with E-state index in [2.05, 4.69) is 0 Å². The lowest BCUT2D eigenvalue weighted by atomic mass is 10.1. The molecule has 3 aliphatic rings. The lowest BCUT2D eigenvalue weighted by Crippen LogP contribution is -2.46. The van der Waals surface area contributed by atoms with E-state index in [1.54, 1.807) is 23.1 Å². The Morgan fingerprint density at radius 1 is 1.23 bits per heavy atom. The van der Waals surface area contributed by atoms with Crippen LogP contribution < -0.4 is 20.3 Å². The van der Waals surface area contributed by atoms with E-state index < -0.39 is 6.09 Å². The Bertz CT molecular complexity index is 649. The van der Waals surface area contributed by atoms with E-state index >= 15 is 0 Å². The summed E-state index contributed by atoms with van der Waals surface area (Å²) >= 11 is 0. The molecule has 2 N–H and O–H groups in total. The Morgan fingerprint density at radius 2 is 2.09 bits per heavy atom. The lowest BCUT2D eigenvalue weighted by Gasteiger charge is -2.31. The smallest absolute Gasteiger partial charge is 0.415 e. The molecule has 0 saturated carbocycles. The highest BCUT2D eigenvalue weighted by Gasteiger charge is 2.46. The summed E-state index contributed by atoms with van der Waals surface area (Å²) < 4.78 is 15.9. The minimum atomic E-state index is -0.418. The second kappa shape index (κ2) is 4.77. The molecule has 3 aliphatic heterocycles. The van der Waals surface area contributed by atoms with Crippen LogP contribution >= 0.6 is 0 Å². The van der Waals surface area contributed by atoms with Gasteiger partial charge in [-0.2, -0.15) is 0 Å². The zero-order chi connectivity index (χ0) is 15.3. The van der Waals surface area contributed by atoms with Crippen molar-refractivity contribution in [2.24, 2.45) is 5.73 Å². The van der Waals surface area contributed by atoms with Crippen molar-refractivity contribution in [3.8, 4) is 5.75 Å². The van der Waals surface area contributed by atoms with Crippen LogP contribution in [0.2, 0.25) is 0 Å². The van der Waals surface area contributed by atoms with Crippen LogP contribution in [0.25, 0.3) is 0 Å². The van der Waals surface area contributed by atoms with E-state index in [-0.39, 0.29) is 24.8 Å². The van der Waals surface area contributed by atoms with Gasteiger partial charge >= 0.3 is 12.2 Å². The third-order valence-electron chi connectivity index (χ3n) is 4.13. The van der Waals surface area contributed by atoms with E-state index in [0.717, 1.165) is 0 Å². The lowest BCUT2D eigenvalue weighted by molar-refractivity contribution is 0.126. The van der Waals surface area contributed by atoms with E-state index in [4.69, 9.17) is 19.9 Å². The van der Waals surface area contributed by atoms with E-state index in [1.807, 2.05) is 0 Å². The van der Waals surface area contributed by atoms with Gasteiger partial charge in [-0.25, -0.2) is 9.59 Å². The number of benzene rings is 1. The van der Waals surface area contributed by atoms with Gasteiger partial charge in [0.2, 0.25) is 0 Å². The maximum Gasteiger partial charge on any atom is 0.415 e. The summed E-state index contributed by atoms with van der Waals surface area (Å²) in [5.41, 5.74) is 6.94. The number of fused-ring (bicyclic) bond motifs is 3. The Hall–Kier alpha value is -2.48. The van der Waals surface area contributed by atoms with E-state index in [1.165, 1.54) is 4.90 Å². The standard InChI is InChI=1S/C14H15N3O5/c15-6-12-10-7-21-11-5-8(16-3-4-20-13(16)18)1-2-9(11)17(10)14(19)22-12/h1-2,5,10,12H,3-4,6-7,15H2. The first kappa shape index (κ1) is 13.2. The monoisotopic (exact) mass is 305 g/mol. The summed E-state index contributed by atoms with van der Waals surface area (Å²) in [6, 6.07) is 5.04. The SMILES string of the molecule is NCC1OC(=O)N2c3ccc(N4CCOC4=O)cc3OCC12. The number of hydrogen-bond donors (Lipinski definition) is 1. The van der Waals surface area contributed by atoms with Gasteiger partial charge in [-0.15, -0.1) is 0 Å². The van der Waals surface area contributed by atoms with E-state index in [0.29, 0.717) is 36.9 Å². The average molecular weight is 305 g/mol. The molecule has 8 nitrogen and oxygen atoms in total. The van der Waals surface area contributed by atoms with Gasteiger partial charge in [0.1, 0.15) is 31.1 Å². The number of carbonyl (C=O) groups excluding carboxylic acids is 2. The number of hydrogen-bond acceptors (Lipinski definition) is 6. The number of anilines is 2. The molecule has 0 spiro atoms. The highest BCUT2D eigenvalue weighted by atomic mass is 16.6. The third-order valence-corrected chi connectivity index (χ3v) is 4.13. The Kier molecular flexibility index (Phi) is 2.86. The topological polar surface area (TPSA) is 94.3 Å². The van der Waals surface area contributed by atoms with Crippen molar-refractivity contribution in [3.05, 3.63) is 18.2 Å². The summed E-state index contributed by atoms with van der Waals surface area (Å²) in [6.07, 6.45) is -1.16. The van der Waals surface area contributed by atoms with Gasteiger partial charge in [-0.05, 0) is 12.1 Å². The fraction of sp³-hybridized carbons (Fsp3) is 0.429. The third kappa shape index (κ3) is 1.80.